The molecule has 16 heavy (non-hydrogen) atoms. The van der Waals surface area contributed by atoms with Crippen molar-refractivity contribution in [3.8, 4) is 0 Å². The lowest BCUT2D eigenvalue weighted by Crippen LogP contribution is -2.61. The molecule has 0 bridgehead atoms. The number of unbranched alkanes of at least 4 members (excludes halogenated alkanes) is 1. The van der Waals surface area contributed by atoms with Crippen LogP contribution in [0.25, 0.3) is 0 Å². The van der Waals surface area contributed by atoms with E-state index in [1.165, 1.54) is 0 Å². The van der Waals surface area contributed by atoms with E-state index in [0.29, 0.717) is 6.54 Å². The fraction of sp³-hybridized carbons (Fsp3) is 0.833. The number of carbonyl (C=O) groups excluding carboxylic acids is 2. The van der Waals surface area contributed by atoms with Crippen LogP contribution in [0.5, 0.6) is 0 Å². The second-order valence-corrected chi connectivity index (χ2v) is 4.84. The zero-order valence-electron chi connectivity index (χ0n) is 9.79. The molecule has 4 nitrogen and oxygen atoms in total. The molecule has 2 fully saturated rings. The van der Waals surface area contributed by atoms with Gasteiger partial charge in [-0.25, -0.2) is 0 Å². The van der Waals surface area contributed by atoms with Crippen molar-refractivity contribution in [2.45, 2.75) is 51.1 Å². The molecule has 1 saturated carbocycles. The highest BCUT2D eigenvalue weighted by molar-refractivity contribution is 5.94. The van der Waals surface area contributed by atoms with Crippen molar-refractivity contribution in [2.24, 2.45) is 5.92 Å². The van der Waals surface area contributed by atoms with Gasteiger partial charge in [0.15, 0.2) is 5.78 Å². The third-order valence-electron chi connectivity index (χ3n) is 3.37. The minimum atomic E-state index is -0.280. The first-order valence-corrected chi connectivity index (χ1v) is 6.30. The molecule has 4 heteroatoms. The van der Waals surface area contributed by atoms with E-state index in [-0.39, 0.29) is 29.7 Å². The summed E-state index contributed by atoms with van der Waals surface area (Å²) >= 11 is 0. The molecule has 0 aromatic rings. The van der Waals surface area contributed by atoms with Crippen molar-refractivity contribution < 1.29 is 9.59 Å². The van der Waals surface area contributed by atoms with Gasteiger partial charge >= 0.3 is 0 Å². The lowest BCUT2D eigenvalue weighted by Gasteiger charge is -2.29. The molecular formula is C12H20N2O2. The molecule has 0 aromatic heterocycles. The molecular weight excluding hydrogens is 204 g/mol. The molecule has 0 unspecified atom stereocenters. The number of Topliss-reactive ketones (excluding diaryl/α,β-unsaturated/α-hetero) is 1. The number of amides is 1. The Bertz CT molecular complexity index is 287. The van der Waals surface area contributed by atoms with E-state index >= 15 is 0 Å². The van der Waals surface area contributed by atoms with Gasteiger partial charge in [-0.3, -0.25) is 9.59 Å². The standard InChI is InChI=1S/C12H20N2O2/c1-2-3-4-9-12(16)14-10(7-13-9)11(15)8-5-6-8/h8-10,13H,2-7H2,1H3,(H,14,16)/t9-,10-/m1/s1. The van der Waals surface area contributed by atoms with Gasteiger partial charge < -0.3 is 10.6 Å². The van der Waals surface area contributed by atoms with Gasteiger partial charge in [-0.1, -0.05) is 19.8 Å². The number of carbonyl (C=O) groups is 2. The van der Waals surface area contributed by atoms with Gasteiger partial charge in [0.25, 0.3) is 0 Å². The second kappa shape index (κ2) is 4.95. The first kappa shape index (κ1) is 11.6. The van der Waals surface area contributed by atoms with Crippen LogP contribution < -0.4 is 10.6 Å². The van der Waals surface area contributed by atoms with Gasteiger partial charge in [0.05, 0.1) is 6.04 Å². The van der Waals surface area contributed by atoms with E-state index in [9.17, 15) is 9.59 Å². The number of piperazine rings is 1. The van der Waals surface area contributed by atoms with Crippen LogP contribution >= 0.6 is 0 Å². The smallest absolute Gasteiger partial charge is 0.237 e. The Hall–Kier alpha value is -0.900. The normalized spacial score (nSPS) is 29.9. The molecule has 0 radical (unpaired) electrons. The molecule has 2 atom stereocenters. The highest BCUT2D eigenvalue weighted by Gasteiger charge is 2.38. The average Bonchev–Trinajstić information content (AvgIpc) is 3.10. The molecule has 1 heterocycles. The zero-order chi connectivity index (χ0) is 11.5. The number of ketones is 1. The fourth-order valence-electron chi connectivity index (χ4n) is 2.14. The number of nitrogens with one attached hydrogen (secondary N) is 2. The van der Waals surface area contributed by atoms with Gasteiger partial charge in [-0.2, -0.15) is 0 Å². The zero-order valence-corrected chi connectivity index (χ0v) is 9.79. The van der Waals surface area contributed by atoms with E-state index in [0.717, 1.165) is 32.1 Å². The third kappa shape index (κ3) is 2.61. The summed E-state index contributed by atoms with van der Waals surface area (Å²) in [4.78, 5) is 23.5. The summed E-state index contributed by atoms with van der Waals surface area (Å²) in [5.74, 6) is 0.438. The van der Waals surface area contributed by atoms with Crippen LogP contribution in [0.15, 0.2) is 0 Å². The van der Waals surface area contributed by atoms with Crippen LogP contribution in [0.1, 0.15) is 39.0 Å². The third-order valence-corrected chi connectivity index (χ3v) is 3.37. The van der Waals surface area contributed by atoms with Gasteiger partial charge in [0.2, 0.25) is 5.91 Å². The average molecular weight is 224 g/mol. The summed E-state index contributed by atoms with van der Waals surface area (Å²) in [5, 5.41) is 6.03. The lowest BCUT2D eigenvalue weighted by atomic mass is 10.0. The van der Waals surface area contributed by atoms with Crippen LogP contribution in [-0.2, 0) is 9.59 Å². The van der Waals surface area contributed by atoms with Crippen molar-refractivity contribution in [2.75, 3.05) is 6.54 Å². The van der Waals surface area contributed by atoms with Crippen molar-refractivity contribution in [3.63, 3.8) is 0 Å². The molecule has 0 spiro atoms. The molecule has 1 aliphatic carbocycles. The topological polar surface area (TPSA) is 58.2 Å². The maximum atomic E-state index is 11.8. The molecule has 2 N–H and O–H groups in total. The van der Waals surface area contributed by atoms with Crippen LogP contribution in [0, 0.1) is 5.92 Å². The highest BCUT2D eigenvalue weighted by Crippen LogP contribution is 2.31. The summed E-state index contributed by atoms with van der Waals surface area (Å²) in [5.41, 5.74) is 0. The summed E-state index contributed by atoms with van der Waals surface area (Å²) in [6.07, 6.45) is 5.02. The number of hydrogen-bond donors (Lipinski definition) is 2. The Morgan fingerprint density at radius 1 is 1.44 bits per heavy atom. The van der Waals surface area contributed by atoms with Crippen LogP contribution in [0.3, 0.4) is 0 Å². The predicted octanol–water partition coefficient (Wildman–Crippen LogP) is 0.612. The van der Waals surface area contributed by atoms with Crippen LogP contribution in [0.2, 0.25) is 0 Å². The first-order valence-electron chi connectivity index (χ1n) is 6.30. The molecule has 1 aliphatic heterocycles. The quantitative estimate of drug-likeness (QED) is 0.719. The number of rotatable bonds is 5. The number of hydrogen-bond acceptors (Lipinski definition) is 3. The van der Waals surface area contributed by atoms with Gasteiger partial charge in [0, 0.05) is 12.5 Å². The van der Waals surface area contributed by atoms with E-state index in [1.807, 2.05) is 0 Å². The fourth-order valence-corrected chi connectivity index (χ4v) is 2.14. The maximum absolute atomic E-state index is 11.8. The Kier molecular flexibility index (Phi) is 3.59. The molecule has 90 valence electrons. The SMILES string of the molecule is CCCC[C@H]1NC[C@H](C(=O)C2CC2)NC1=O. The van der Waals surface area contributed by atoms with Gasteiger partial charge in [0.1, 0.15) is 6.04 Å². The first-order chi connectivity index (χ1) is 7.72. The van der Waals surface area contributed by atoms with Gasteiger partial charge in [-0.15, -0.1) is 0 Å². The van der Waals surface area contributed by atoms with E-state index in [1.54, 1.807) is 0 Å². The van der Waals surface area contributed by atoms with Crippen LogP contribution in [-0.4, -0.2) is 30.3 Å². The minimum Gasteiger partial charge on any atom is -0.344 e. The lowest BCUT2D eigenvalue weighted by molar-refractivity contribution is -0.131. The molecule has 1 amide bonds. The van der Waals surface area contributed by atoms with Crippen molar-refractivity contribution in [3.05, 3.63) is 0 Å². The summed E-state index contributed by atoms with van der Waals surface area (Å²) in [7, 11) is 0. The Morgan fingerprint density at radius 3 is 2.75 bits per heavy atom. The second-order valence-electron chi connectivity index (χ2n) is 4.84. The predicted molar refractivity (Wildman–Crippen MR) is 61.0 cm³/mol. The summed E-state index contributed by atoms with van der Waals surface area (Å²) < 4.78 is 0. The largest absolute Gasteiger partial charge is 0.344 e. The van der Waals surface area contributed by atoms with Gasteiger partial charge in [-0.05, 0) is 19.3 Å². The van der Waals surface area contributed by atoms with Crippen molar-refractivity contribution in [1.82, 2.24) is 10.6 Å². The van der Waals surface area contributed by atoms with Crippen LogP contribution in [0.4, 0.5) is 0 Å². The molecule has 0 aromatic carbocycles. The Morgan fingerprint density at radius 2 is 2.19 bits per heavy atom. The van der Waals surface area contributed by atoms with Crippen molar-refractivity contribution >= 4 is 11.7 Å². The molecule has 2 aliphatic rings. The minimum absolute atomic E-state index is 0.00120. The molecule has 2 rings (SSSR count). The van der Waals surface area contributed by atoms with E-state index < -0.39 is 0 Å². The van der Waals surface area contributed by atoms with Crippen molar-refractivity contribution in [1.29, 1.82) is 0 Å². The van der Waals surface area contributed by atoms with E-state index in [4.69, 9.17) is 0 Å². The maximum Gasteiger partial charge on any atom is 0.237 e. The summed E-state index contributed by atoms with van der Waals surface area (Å²) in [6, 6.07) is -0.374. The Balaban J connectivity index is 1.81. The Labute approximate surface area is 96.2 Å². The monoisotopic (exact) mass is 224 g/mol. The molecule has 1 saturated heterocycles. The summed E-state index contributed by atoms with van der Waals surface area (Å²) in [6.45, 7) is 2.72. The van der Waals surface area contributed by atoms with E-state index in [2.05, 4.69) is 17.6 Å². The highest BCUT2D eigenvalue weighted by atomic mass is 16.2.